The van der Waals surface area contributed by atoms with Crippen LogP contribution in [-0.2, 0) is 21.3 Å². The Balaban J connectivity index is 1.81. The number of nitrogens with one attached hydrogen (secondary N) is 1. The summed E-state index contributed by atoms with van der Waals surface area (Å²) in [5.41, 5.74) is 0.827. The van der Waals surface area contributed by atoms with Gasteiger partial charge in [-0.05, 0) is 18.2 Å². The molecule has 0 bridgehead atoms. The van der Waals surface area contributed by atoms with E-state index in [1.807, 2.05) is 10.6 Å². The molecule has 0 saturated carbocycles. The number of benzene rings is 1. The Bertz CT molecular complexity index is 932. The number of sulfonamides is 1. The van der Waals surface area contributed by atoms with Crippen LogP contribution in [0.2, 0.25) is 5.02 Å². The van der Waals surface area contributed by atoms with E-state index in [1.165, 1.54) is 4.31 Å². The summed E-state index contributed by atoms with van der Waals surface area (Å²) in [4.78, 5) is 4.68. The van der Waals surface area contributed by atoms with E-state index in [2.05, 4.69) is 10.3 Å². The van der Waals surface area contributed by atoms with Crippen molar-refractivity contribution >= 4 is 38.4 Å². The zero-order valence-corrected chi connectivity index (χ0v) is 15.2. The van der Waals surface area contributed by atoms with Crippen molar-refractivity contribution in [1.29, 1.82) is 0 Å². The van der Waals surface area contributed by atoms with Crippen LogP contribution in [0.15, 0.2) is 34.3 Å². The van der Waals surface area contributed by atoms with Gasteiger partial charge in [-0.15, -0.1) is 0 Å². The molecule has 3 heterocycles. The lowest BCUT2D eigenvalue weighted by atomic mass is 10.2. The molecule has 0 radical (unpaired) electrons. The molecule has 9 heteroatoms. The van der Waals surface area contributed by atoms with Crippen LogP contribution in [0.1, 0.15) is 0 Å². The molecule has 2 aliphatic heterocycles. The molecule has 25 heavy (non-hydrogen) atoms. The largest absolute Gasteiger partial charge is 0.379 e. The SMILES string of the molecule is O=S(=O)(c1cn(CC2=NCCN2)c2ccc(Cl)cc12)N1CCOCC1. The highest BCUT2D eigenvalue weighted by Crippen LogP contribution is 2.30. The minimum Gasteiger partial charge on any atom is -0.379 e. The van der Waals surface area contributed by atoms with Crippen molar-refractivity contribution in [3.8, 4) is 0 Å². The predicted molar refractivity (Wildman–Crippen MR) is 96.8 cm³/mol. The van der Waals surface area contributed by atoms with Gasteiger partial charge in [0.15, 0.2) is 0 Å². The van der Waals surface area contributed by atoms with Gasteiger partial charge in [0.1, 0.15) is 10.7 Å². The zero-order chi connectivity index (χ0) is 17.4. The van der Waals surface area contributed by atoms with Crippen molar-refractivity contribution in [2.24, 2.45) is 4.99 Å². The number of hydrogen-bond acceptors (Lipinski definition) is 5. The van der Waals surface area contributed by atoms with Crippen molar-refractivity contribution in [3.63, 3.8) is 0 Å². The lowest BCUT2D eigenvalue weighted by Crippen LogP contribution is -2.40. The Kier molecular flexibility index (Phi) is 4.45. The molecule has 134 valence electrons. The molecular weight excluding hydrogens is 364 g/mol. The van der Waals surface area contributed by atoms with E-state index in [4.69, 9.17) is 16.3 Å². The number of aromatic nitrogens is 1. The van der Waals surface area contributed by atoms with E-state index >= 15 is 0 Å². The zero-order valence-electron chi connectivity index (χ0n) is 13.6. The van der Waals surface area contributed by atoms with Gasteiger partial charge in [0.2, 0.25) is 10.0 Å². The fourth-order valence-corrected chi connectivity index (χ4v) is 5.00. The fraction of sp³-hybridized carbons (Fsp3) is 0.438. The highest BCUT2D eigenvalue weighted by molar-refractivity contribution is 7.89. The van der Waals surface area contributed by atoms with Gasteiger partial charge in [0.05, 0.1) is 26.3 Å². The first kappa shape index (κ1) is 16.8. The molecular formula is C16H19ClN4O3S. The predicted octanol–water partition coefficient (Wildman–Crippen LogP) is 1.32. The molecule has 7 nitrogen and oxygen atoms in total. The molecule has 0 aliphatic carbocycles. The number of rotatable bonds is 4. The van der Waals surface area contributed by atoms with E-state index in [9.17, 15) is 8.42 Å². The first-order valence-corrected chi connectivity index (χ1v) is 10.0. The average molecular weight is 383 g/mol. The molecule has 1 N–H and O–H groups in total. The molecule has 2 aliphatic rings. The normalized spacial score (nSPS) is 19.2. The fourth-order valence-electron chi connectivity index (χ4n) is 3.21. The Hall–Kier alpha value is -1.61. The van der Waals surface area contributed by atoms with Gasteiger partial charge in [0.25, 0.3) is 0 Å². The molecule has 1 aromatic carbocycles. The van der Waals surface area contributed by atoms with Crippen LogP contribution in [0.3, 0.4) is 0 Å². The van der Waals surface area contributed by atoms with E-state index < -0.39 is 10.0 Å². The molecule has 1 aromatic heterocycles. The standard InChI is InChI=1S/C16H19ClN4O3S/c17-12-1-2-14-13(9-12)15(10-20(14)11-16-18-3-4-19-16)25(22,23)21-5-7-24-8-6-21/h1-2,9-10H,3-8,11H2,(H,18,19). The van der Waals surface area contributed by atoms with Crippen LogP contribution >= 0.6 is 11.6 Å². The maximum Gasteiger partial charge on any atom is 0.245 e. The molecule has 1 saturated heterocycles. The third-order valence-corrected chi connectivity index (χ3v) is 6.62. The number of nitrogens with zero attached hydrogens (tertiary/aromatic N) is 3. The highest BCUT2D eigenvalue weighted by atomic mass is 35.5. The molecule has 0 spiro atoms. The quantitative estimate of drug-likeness (QED) is 0.865. The average Bonchev–Trinajstić information content (AvgIpc) is 3.24. The Morgan fingerprint density at radius 3 is 2.80 bits per heavy atom. The van der Waals surface area contributed by atoms with Gasteiger partial charge in [-0.2, -0.15) is 4.31 Å². The summed E-state index contributed by atoms with van der Waals surface area (Å²) in [5.74, 6) is 0.863. The van der Waals surface area contributed by atoms with Gasteiger partial charge in [-0.1, -0.05) is 11.6 Å². The summed E-state index contributed by atoms with van der Waals surface area (Å²) >= 11 is 6.13. The van der Waals surface area contributed by atoms with Crippen molar-refractivity contribution in [1.82, 2.24) is 14.2 Å². The van der Waals surface area contributed by atoms with Gasteiger partial charge in [-0.25, -0.2) is 8.42 Å². The van der Waals surface area contributed by atoms with E-state index in [0.717, 1.165) is 24.4 Å². The summed E-state index contributed by atoms with van der Waals surface area (Å²) in [6, 6.07) is 5.34. The highest BCUT2D eigenvalue weighted by Gasteiger charge is 2.30. The molecule has 4 rings (SSSR count). The second-order valence-corrected chi connectivity index (χ2v) is 8.40. The number of morpholine rings is 1. The van der Waals surface area contributed by atoms with Crippen LogP contribution in [0.25, 0.3) is 10.9 Å². The van der Waals surface area contributed by atoms with Crippen LogP contribution in [0.5, 0.6) is 0 Å². The van der Waals surface area contributed by atoms with E-state index in [-0.39, 0.29) is 4.90 Å². The van der Waals surface area contributed by atoms with Crippen molar-refractivity contribution < 1.29 is 13.2 Å². The summed E-state index contributed by atoms with van der Waals surface area (Å²) < 4.78 is 34.9. The summed E-state index contributed by atoms with van der Waals surface area (Å²) in [6.07, 6.45) is 1.69. The third-order valence-electron chi connectivity index (χ3n) is 4.46. The number of hydrogen-bond donors (Lipinski definition) is 1. The minimum absolute atomic E-state index is 0.283. The van der Waals surface area contributed by atoms with Crippen LogP contribution in [0.4, 0.5) is 0 Å². The first-order valence-electron chi connectivity index (χ1n) is 8.19. The number of aliphatic imine (C=N–C) groups is 1. The summed E-state index contributed by atoms with van der Waals surface area (Å²) in [7, 11) is -3.60. The molecule has 0 unspecified atom stereocenters. The van der Waals surface area contributed by atoms with Crippen molar-refractivity contribution in [2.45, 2.75) is 11.4 Å². The Morgan fingerprint density at radius 1 is 1.28 bits per heavy atom. The second-order valence-electron chi connectivity index (χ2n) is 6.05. The van der Waals surface area contributed by atoms with E-state index in [0.29, 0.717) is 43.3 Å². The van der Waals surface area contributed by atoms with Gasteiger partial charge in [0, 0.05) is 41.8 Å². The molecule has 2 aromatic rings. The van der Waals surface area contributed by atoms with Crippen molar-refractivity contribution in [3.05, 3.63) is 29.4 Å². The molecule has 0 amide bonds. The summed E-state index contributed by atoms with van der Waals surface area (Å²) in [6.45, 7) is 3.64. The maximum absolute atomic E-state index is 13.1. The number of ether oxygens (including phenoxy) is 1. The molecule has 1 fully saturated rings. The third kappa shape index (κ3) is 3.15. The Morgan fingerprint density at radius 2 is 2.08 bits per heavy atom. The smallest absolute Gasteiger partial charge is 0.245 e. The topological polar surface area (TPSA) is 75.9 Å². The number of amidine groups is 1. The van der Waals surface area contributed by atoms with Crippen LogP contribution in [0, 0.1) is 0 Å². The minimum atomic E-state index is -3.60. The maximum atomic E-state index is 13.1. The van der Waals surface area contributed by atoms with Crippen molar-refractivity contribution in [2.75, 3.05) is 39.4 Å². The van der Waals surface area contributed by atoms with Crippen LogP contribution < -0.4 is 5.32 Å². The lowest BCUT2D eigenvalue weighted by Gasteiger charge is -2.25. The second kappa shape index (κ2) is 6.60. The first-order chi connectivity index (χ1) is 12.1. The monoisotopic (exact) mass is 382 g/mol. The van der Waals surface area contributed by atoms with Gasteiger partial charge < -0.3 is 14.6 Å². The number of halogens is 1. The Labute approximate surface area is 151 Å². The van der Waals surface area contributed by atoms with Gasteiger partial charge >= 0.3 is 0 Å². The lowest BCUT2D eigenvalue weighted by molar-refractivity contribution is 0.0730. The van der Waals surface area contributed by atoms with E-state index in [1.54, 1.807) is 18.3 Å². The summed E-state index contributed by atoms with van der Waals surface area (Å²) in [5, 5.41) is 4.37. The number of fused-ring (bicyclic) bond motifs is 1. The molecule has 0 atom stereocenters. The van der Waals surface area contributed by atoms with Gasteiger partial charge in [-0.3, -0.25) is 4.99 Å². The van der Waals surface area contributed by atoms with Crippen LogP contribution in [-0.4, -0.2) is 62.5 Å².